The van der Waals surface area contributed by atoms with E-state index in [0.29, 0.717) is 12.2 Å². The standard InChI is InChI=1S/C9H14O2/c1-6-4-9(3,11)5-7(2)8(6)10/h4,10-11H,5H2,1-3H3. The fraction of sp³-hybridized carbons (Fsp3) is 0.556. The molecule has 0 amide bonds. The second-order valence-electron chi connectivity index (χ2n) is 3.49. The Bertz CT molecular complexity index is 234. The smallest absolute Gasteiger partial charge is 0.117 e. The predicted molar refractivity (Wildman–Crippen MR) is 44.3 cm³/mol. The lowest BCUT2D eigenvalue weighted by molar-refractivity contribution is 0.106. The molecule has 1 atom stereocenters. The molecule has 0 saturated heterocycles. The Kier molecular flexibility index (Phi) is 1.80. The van der Waals surface area contributed by atoms with Crippen molar-refractivity contribution in [1.82, 2.24) is 0 Å². The van der Waals surface area contributed by atoms with Crippen molar-refractivity contribution in [3.63, 3.8) is 0 Å². The largest absolute Gasteiger partial charge is 0.508 e. The van der Waals surface area contributed by atoms with E-state index in [1.807, 2.05) is 6.92 Å². The summed E-state index contributed by atoms with van der Waals surface area (Å²) in [6.45, 7) is 5.37. The molecule has 0 fully saturated rings. The SMILES string of the molecule is CC1=CC(C)(O)CC(C)=C1O. The molecule has 1 rings (SSSR count). The lowest BCUT2D eigenvalue weighted by Gasteiger charge is -2.25. The molecule has 0 saturated carbocycles. The molecule has 2 N–H and O–H groups in total. The summed E-state index contributed by atoms with van der Waals surface area (Å²) < 4.78 is 0. The van der Waals surface area contributed by atoms with Gasteiger partial charge in [0.25, 0.3) is 0 Å². The summed E-state index contributed by atoms with van der Waals surface area (Å²) in [6, 6.07) is 0. The third kappa shape index (κ3) is 1.63. The van der Waals surface area contributed by atoms with E-state index in [4.69, 9.17) is 0 Å². The van der Waals surface area contributed by atoms with E-state index in [0.717, 1.165) is 11.1 Å². The van der Waals surface area contributed by atoms with E-state index in [1.54, 1.807) is 19.9 Å². The zero-order valence-corrected chi connectivity index (χ0v) is 7.18. The molecule has 2 heteroatoms. The highest BCUT2D eigenvalue weighted by Gasteiger charge is 2.24. The van der Waals surface area contributed by atoms with Gasteiger partial charge in [0, 0.05) is 6.42 Å². The minimum atomic E-state index is -0.777. The highest BCUT2D eigenvalue weighted by molar-refractivity contribution is 5.35. The van der Waals surface area contributed by atoms with Crippen LogP contribution in [0.1, 0.15) is 27.2 Å². The second kappa shape index (κ2) is 2.38. The summed E-state index contributed by atoms with van der Waals surface area (Å²) in [7, 11) is 0. The summed E-state index contributed by atoms with van der Waals surface area (Å²) in [5.74, 6) is 0.330. The van der Waals surface area contributed by atoms with Crippen LogP contribution in [0.3, 0.4) is 0 Å². The second-order valence-corrected chi connectivity index (χ2v) is 3.49. The molecule has 1 aliphatic carbocycles. The lowest BCUT2D eigenvalue weighted by atomic mass is 9.88. The van der Waals surface area contributed by atoms with Crippen molar-refractivity contribution in [1.29, 1.82) is 0 Å². The van der Waals surface area contributed by atoms with Crippen LogP contribution in [0.25, 0.3) is 0 Å². The third-order valence-electron chi connectivity index (χ3n) is 1.93. The topological polar surface area (TPSA) is 40.5 Å². The molecule has 0 aromatic carbocycles. The van der Waals surface area contributed by atoms with Crippen molar-refractivity contribution >= 4 is 0 Å². The first-order valence-electron chi connectivity index (χ1n) is 3.73. The molecule has 11 heavy (non-hydrogen) atoms. The molecular weight excluding hydrogens is 140 g/mol. The summed E-state index contributed by atoms with van der Waals surface area (Å²) in [5, 5.41) is 19.0. The average molecular weight is 154 g/mol. The van der Waals surface area contributed by atoms with Crippen LogP contribution < -0.4 is 0 Å². The molecule has 62 valence electrons. The molecule has 0 aromatic heterocycles. The third-order valence-corrected chi connectivity index (χ3v) is 1.93. The minimum absolute atomic E-state index is 0.330. The van der Waals surface area contributed by atoms with E-state index < -0.39 is 5.60 Å². The first-order chi connectivity index (χ1) is 4.92. The van der Waals surface area contributed by atoms with Crippen LogP contribution in [-0.4, -0.2) is 15.8 Å². The number of aliphatic hydroxyl groups excluding tert-OH is 1. The van der Waals surface area contributed by atoms with Crippen LogP contribution in [0.15, 0.2) is 23.0 Å². The van der Waals surface area contributed by atoms with Crippen LogP contribution in [0.5, 0.6) is 0 Å². The van der Waals surface area contributed by atoms with Gasteiger partial charge in [-0.2, -0.15) is 0 Å². The van der Waals surface area contributed by atoms with E-state index in [1.165, 1.54) is 0 Å². The van der Waals surface area contributed by atoms with Crippen molar-refractivity contribution in [2.45, 2.75) is 32.8 Å². The Hall–Kier alpha value is -0.760. The molecule has 0 heterocycles. The van der Waals surface area contributed by atoms with Crippen LogP contribution in [0, 0.1) is 0 Å². The molecule has 0 spiro atoms. The fourth-order valence-electron chi connectivity index (χ4n) is 1.54. The van der Waals surface area contributed by atoms with Gasteiger partial charge < -0.3 is 10.2 Å². The molecule has 1 aliphatic rings. The number of hydrogen-bond acceptors (Lipinski definition) is 2. The molecule has 0 aromatic rings. The fourth-order valence-corrected chi connectivity index (χ4v) is 1.54. The Morgan fingerprint density at radius 2 is 2.00 bits per heavy atom. The van der Waals surface area contributed by atoms with Crippen LogP contribution >= 0.6 is 0 Å². The molecule has 2 nitrogen and oxygen atoms in total. The van der Waals surface area contributed by atoms with Crippen LogP contribution in [0.4, 0.5) is 0 Å². The van der Waals surface area contributed by atoms with Gasteiger partial charge in [-0.1, -0.05) is 0 Å². The predicted octanol–water partition coefficient (Wildman–Crippen LogP) is 1.92. The van der Waals surface area contributed by atoms with E-state index in [-0.39, 0.29) is 0 Å². The average Bonchev–Trinajstić information content (AvgIpc) is 1.81. The normalized spacial score (nSPS) is 32.2. The van der Waals surface area contributed by atoms with E-state index in [2.05, 4.69) is 0 Å². The number of aliphatic hydroxyl groups is 2. The van der Waals surface area contributed by atoms with Crippen molar-refractivity contribution in [3.05, 3.63) is 23.0 Å². The van der Waals surface area contributed by atoms with E-state index >= 15 is 0 Å². The molecule has 1 unspecified atom stereocenters. The highest BCUT2D eigenvalue weighted by atomic mass is 16.3. The first-order valence-corrected chi connectivity index (χ1v) is 3.73. The zero-order valence-electron chi connectivity index (χ0n) is 7.18. The quantitative estimate of drug-likeness (QED) is 0.559. The van der Waals surface area contributed by atoms with Crippen molar-refractivity contribution < 1.29 is 10.2 Å². The summed E-state index contributed by atoms with van der Waals surface area (Å²) in [4.78, 5) is 0. The van der Waals surface area contributed by atoms with Gasteiger partial charge in [0.2, 0.25) is 0 Å². The number of allylic oxidation sites excluding steroid dienone is 1. The van der Waals surface area contributed by atoms with Crippen molar-refractivity contribution in [2.24, 2.45) is 0 Å². The molecule has 0 aliphatic heterocycles. The van der Waals surface area contributed by atoms with Gasteiger partial charge in [-0.3, -0.25) is 0 Å². The maximum Gasteiger partial charge on any atom is 0.117 e. The minimum Gasteiger partial charge on any atom is -0.508 e. The van der Waals surface area contributed by atoms with Gasteiger partial charge in [0.15, 0.2) is 0 Å². The number of hydrogen-bond donors (Lipinski definition) is 2. The first kappa shape index (κ1) is 8.34. The summed E-state index contributed by atoms with van der Waals surface area (Å²) in [6.07, 6.45) is 2.21. The lowest BCUT2D eigenvalue weighted by Crippen LogP contribution is -2.25. The number of rotatable bonds is 0. The Morgan fingerprint density at radius 3 is 2.45 bits per heavy atom. The monoisotopic (exact) mass is 154 g/mol. The molecule has 0 bridgehead atoms. The van der Waals surface area contributed by atoms with E-state index in [9.17, 15) is 10.2 Å². The van der Waals surface area contributed by atoms with Gasteiger partial charge in [-0.15, -0.1) is 0 Å². The van der Waals surface area contributed by atoms with Gasteiger partial charge in [-0.25, -0.2) is 0 Å². The zero-order chi connectivity index (χ0) is 8.65. The van der Waals surface area contributed by atoms with Crippen LogP contribution in [0.2, 0.25) is 0 Å². The van der Waals surface area contributed by atoms with Gasteiger partial charge in [0.1, 0.15) is 5.76 Å². The Labute approximate surface area is 66.9 Å². The highest BCUT2D eigenvalue weighted by Crippen LogP contribution is 2.29. The summed E-state index contributed by atoms with van der Waals surface area (Å²) in [5.41, 5.74) is 0.842. The Balaban J connectivity index is 3.01. The van der Waals surface area contributed by atoms with Crippen molar-refractivity contribution in [2.75, 3.05) is 0 Å². The van der Waals surface area contributed by atoms with Crippen LogP contribution in [-0.2, 0) is 0 Å². The maximum atomic E-state index is 9.61. The maximum absolute atomic E-state index is 9.61. The van der Waals surface area contributed by atoms with Gasteiger partial charge in [-0.05, 0) is 38.0 Å². The Morgan fingerprint density at radius 1 is 1.45 bits per heavy atom. The van der Waals surface area contributed by atoms with Gasteiger partial charge in [0.05, 0.1) is 5.60 Å². The molecular formula is C9H14O2. The van der Waals surface area contributed by atoms with Crippen molar-refractivity contribution in [3.8, 4) is 0 Å². The molecule has 0 radical (unpaired) electrons. The summed E-state index contributed by atoms with van der Waals surface area (Å²) >= 11 is 0. The van der Waals surface area contributed by atoms with Gasteiger partial charge >= 0.3 is 0 Å².